The van der Waals surface area contributed by atoms with Crippen molar-refractivity contribution < 1.29 is 23.1 Å². The van der Waals surface area contributed by atoms with Crippen molar-refractivity contribution in [2.75, 3.05) is 23.9 Å². The highest BCUT2D eigenvalue weighted by Gasteiger charge is 2.35. The minimum absolute atomic E-state index is 0.105. The Labute approximate surface area is 193 Å². The molecule has 1 atom stereocenters. The highest BCUT2D eigenvalue weighted by atomic mass is 35.5. The number of carbonyl (C=O) groups is 2. The van der Waals surface area contributed by atoms with E-state index in [2.05, 4.69) is 15.3 Å². The zero-order valence-electron chi connectivity index (χ0n) is 17.7. The molecule has 1 aromatic carbocycles. The molecule has 1 N–H and O–H groups in total. The second-order valence-electron chi connectivity index (χ2n) is 7.40. The van der Waals surface area contributed by atoms with Crippen molar-refractivity contribution in [2.45, 2.75) is 19.3 Å². The van der Waals surface area contributed by atoms with Gasteiger partial charge in [-0.15, -0.1) is 0 Å². The van der Waals surface area contributed by atoms with E-state index < -0.39 is 18.3 Å². The molecular formula is C23H19ClF2N4O3. The molecule has 0 saturated heterocycles. The molecule has 3 heterocycles. The van der Waals surface area contributed by atoms with Crippen LogP contribution in [0.5, 0.6) is 5.88 Å². The van der Waals surface area contributed by atoms with Gasteiger partial charge in [0, 0.05) is 34.6 Å². The molecule has 170 valence electrons. The van der Waals surface area contributed by atoms with E-state index in [4.69, 9.17) is 16.3 Å². The van der Waals surface area contributed by atoms with Crippen LogP contribution >= 0.6 is 11.6 Å². The molecular weight excluding hydrogens is 454 g/mol. The number of carbonyl (C=O) groups excluding carboxylic acids is 2. The van der Waals surface area contributed by atoms with Crippen molar-refractivity contribution in [1.82, 2.24) is 9.97 Å². The van der Waals surface area contributed by atoms with Gasteiger partial charge in [0.05, 0.1) is 24.4 Å². The number of hydrogen-bond acceptors (Lipinski definition) is 5. The van der Waals surface area contributed by atoms with E-state index in [1.54, 1.807) is 31.3 Å². The third-order valence-electron chi connectivity index (χ3n) is 5.33. The maximum absolute atomic E-state index is 13.4. The second kappa shape index (κ2) is 9.11. The number of alkyl halides is 2. The first-order valence-corrected chi connectivity index (χ1v) is 10.4. The maximum Gasteiger partial charge on any atom is 0.263 e. The summed E-state index contributed by atoms with van der Waals surface area (Å²) in [6.45, 7) is 1.36. The van der Waals surface area contributed by atoms with E-state index in [9.17, 15) is 18.4 Å². The molecule has 0 aliphatic carbocycles. The Bertz CT molecular complexity index is 1220. The molecule has 0 fully saturated rings. The lowest BCUT2D eigenvalue weighted by atomic mass is 9.98. The summed E-state index contributed by atoms with van der Waals surface area (Å²) >= 11 is 6.48. The molecule has 0 saturated carbocycles. The summed E-state index contributed by atoms with van der Waals surface area (Å²) in [6, 6.07) is 10.3. The normalized spacial score (nSPS) is 15.0. The number of nitrogens with zero attached hydrogens (tertiary/aromatic N) is 3. The van der Waals surface area contributed by atoms with Crippen LogP contribution in [0.3, 0.4) is 0 Å². The van der Waals surface area contributed by atoms with Crippen molar-refractivity contribution in [3.05, 3.63) is 65.1 Å². The van der Waals surface area contributed by atoms with Gasteiger partial charge >= 0.3 is 0 Å². The monoisotopic (exact) mass is 472 g/mol. The Balaban J connectivity index is 1.71. The number of methoxy groups -OCH3 is 1. The third kappa shape index (κ3) is 4.36. The molecule has 1 aliphatic rings. The smallest absolute Gasteiger partial charge is 0.263 e. The van der Waals surface area contributed by atoms with Crippen molar-refractivity contribution in [3.8, 4) is 17.0 Å². The predicted octanol–water partition coefficient (Wildman–Crippen LogP) is 4.83. The summed E-state index contributed by atoms with van der Waals surface area (Å²) in [6.07, 6.45) is -1.02. The number of ether oxygens (including phenoxy) is 1. The van der Waals surface area contributed by atoms with Crippen LogP contribution in [0.25, 0.3) is 11.1 Å². The third-order valence-corrected chi connectivity index (χ3v) is 5.61. The molecule has 3 aromatic rings. The number of nitrogens with one attached hydrogen (secondary N) is 1. The van der Waals surface area contributed by atoms with Crippen molar-refractivity contribution in [3.63, 3.8) is 0 Å². The molecule has 4 rings (SSSR count). The minimum Gasteiger partial charge on any atom is -0.481 e. The largest absolute Gasteiger partial charge is 0.481 e. The number of pyridine rings is 2. The lowest BCUT2D eigenvalue weighted by molar-refractivity contribution is -0.122. The average molecular weight is 473 g/mol. The number of amides is 2. The zero-order valence-corrected chi connectivity index (χ0v) is 18.4. The van der Waals surface area contributed by atoms with Gasteiger partial charge in [0.15, 0.2) is 0 Å². The SMILES string of the molecule is COc1cc2c(c(Cl)n1)-c1cccnc1C(C)C(=O)N2CC(=O)Nc1ccc(C(F)F)cc1. The van der Waals surface area contributed by atoms with Crippen LogP contribution in [0.15, 0.2) is 48.7 Å². The van der Waals surface area contributed by atoms with E-state index in [0.29, 0.717) is 28.2 Å². The van der Waals surface area contributed by atoms with E-state index in [1.807, 2.05) is 0 Å². The summed E-state index contributed by atoms with van der Waals surface area (Å²) in [5, 5.41) is 2.74. The van der Waals surface area contributed by atoms with Gasteiger partial charge in [0.1, 0.15) is 11.7 Å². The molecule has 7 nitrogen and oxygen atoms in total. The summed E-state index contributed by atoms with van der Waals surface area (Å²) in [4.78, 5) is 36.1. The van der Waals surface area contributed by atoms with Crippen LogP contribution in [-0.2, 0) is 9.59 Å². The van der Waals surface area contributed by atoms with Crippen LogP contribution in [0, 0.1) is 0 Å². The van der Waals surface area contributed by atoms with E-state index in [1.165, 1.54) is 36.3 Å². The number of fused-ring (bicyclic) bond motifs is 3. The standard InChI is InChI=1S/C23H19ClF2N4O3/c1-12-20-15(4-3-9-27-20)19-16(10-18(33-2)29-21(19)24)30(23(12)32)11-17(31)28-14-7-5-13(6-8-14)22(25)26/h3-10,12,22H,11H2,1-2H3,(H,28,31). The van der Waals surface area contributed by atoms with E-state index >= 15 is 0 Å². The van der Waals surface area contributed by atoms with Crippen LogP contribution in [0.1, 0.15) is 30.5 Å². The number of hydrogen-bond donors (Lipinski definition) is 1. The molecule has 0 radical (unpaired) electrons. The number of aromatic nitrogens is 2. The minimum atomic E-state index is -2.61. The molecule has 1 unspecified atom stereocenters. The number of rotatable bonds is 5. The van der Waals surface area contributed by atoms with Crippen molar-refractivity contribution in [2.24, 2.45) is 0 Å². The quantitative estimate of drug-likeness (QED) is 0.537. The average Bonchev–Trinajstić information content (AvgIpc) is 2.89. The fraction of sp³-hybridized carbons (Fsp3) is 0.217. The van der Waals surface area contributed by atoms with Gasteiger partial charge in [-0.25, -0.2) is 13.8 Å². The van der Waals surface area contributed by atoms with Gasteiger partial charge in [-0.3, -0.25) is 14.6 Å². The van der Waals surface area contributed by atoms with Crippen molar-refractivity contribution in [1.29, 1.82) is 0 Å². The Hall–Kier alpha value is -3.59. The Kier molecular flexibility index (Phi) is 6.24. The van der Waals surface area contributed by atoms with Crippen molar-refractivity contribution >= 4 is 34.8 Å². The van der Waals surface area contributed by atoms with Gasteiger partial charge in [-0.2, -0.15) is 0 Å². The summed E-state index contributed by atoms with van der Waals surface area (Å²) < 4.78 is 30.8. The molecule has 2 aromatic heterocycles. The van der Waals surface area contributed by atoms with Gasteiger partial charge in [0.25, 0.3) is 6.43 Å². The van der Waals surface area contributed by atoms with Gasteiger partial charge in [0.2, 0.25) is 17.7 Å². The predicted molar refractivity (Wildman–Crippen MR) is 120 cm³/mol. The number of anilines is 2. The van der Waals surface area contributed by atoms with Crippen LogP contribution in [-0.4, -0.2) is 35.4 Å². The summed E-state index contributed by atoms with van der Waals surface area (Å²) in [7, 11) is 1.42. The number of halogens is 3. The molecule has 2 amide bonds. The summed E-state index contributed by atoms with van der Waals surface area (Å²) in [5.41, 5.74) is 2.15. The van der Waals surface area contributed by atoms with Crippen LogP contribution in [0.4, 0.5) is 20.2 Å². The highest BCUT2D eigenvalue weighted by Crippen LogP contribution is 2.44. The Morgan fingerprint density at radius 1 is 1.27 bits per heavy atom. The fourth-order valence-electron chi connectivity index (χ4n) is 3.71. The Morgan fingerprint density at radius 2 is 2.00 bits per heavy atom. The Morgan fingerprint density at radius 3 is 2.67 bits per heavy atom. The van der Waals surface area contributed by atoms with Crippen LogP contribution in [0.2, 0.25) is 5.15 Å². The molecule has 0 bridgehead atoms. The lowest BCUT2D eigenvalue weighted by Crippen LogP contribution is -2.40. The first kappa shape index (κ1) is 22.6. The second-order valence-corrected chi connectivity index (χ2v) is 7.76. The van der Waals surface area contributed by atoms with E-state index in [-0.39, 0.29) is 29.0 Å². The first-order valence-electron chi connectivity index (χ1n) is 9.99. The lowest BCUT2D eigenvalue weighted by Gasteiger charge is -2.24. The van der Waals surface area contributed by atoms with Gasteiger partial charge < -0.3 is 15.0 Å². The topological polar surface area (TPSA) is 84.4 Å². The maximum atomic E-state index is 13.4. The molecule has 1 aliphatic heterocycles. The van der Waals surface area contributed by atoms with Crippen LogP contribution < -0.4 is 15.0 Å². The van der Waals surface area contributed by atoms with Gasteiger partial charge in [-0.05, 0) is 25.1 Å². The van der Waals surface area contributed by atoms with E-state index in [0.717, 1.165) is 0 Å². The number of benzene rings is 1. The molecule has 10 heteroatoms. The highest BCUT2D eigenvalue weighted by molar-refractivity contribution is 6.33. The fourth-order valence-corrected chi connectivity index (χ4v) is 3.99. The van der Waals surface area contributed by atoms with Gasteiger partial charge in [-0.1, -0.05) is 29.8 Å². The zero-order chi connectivity index (χ0) is 23.7. The molecule has 33 heavy (non-hydrogen) atoms. The summed E-state index contributed by atoms with van der Waals surface area (Å²) in [5.74, 6) is -1.35. The first-order chi connectivity index (χ1) is 15.8. The molecule has 0 spiro atoms.